The van der Waals surface area contributed by atoms with Gasteiger partial charge in [0.25, 0.3) is 5.91 Å². The number of aromatic nitrogens is 1. The van der Waals surface area contributed by atoms with Crippen LogP contribution in [-0.4, -0.2) is 28.5 Å². The number of rotatable bonds is 5. The Labute approximate surface area is 123 Å². The third-order valence-electron chi connectivity index (χ3n) is 2.60. The van der Waals surface area contributed by atoms with E-state index in [9.17, 15) is 14.0 Å². The molecule has 0 saturated heterocycles. The summed E-state index contributed by atoms with van der Waals surface area (Å²) in [6.07, 6.45) is 0.556. The lowest BCUT2D eigenvalue weighted by Gasteiger charge is -2.05. The second-order valence-electron chi connectivity index (χ2n) is 4.12. The fourth-order valence-electron chi connectivity index (χ4n) is 1.59. The van der Waals surface area contributed by atoms with Crippen molar-refractivity contribution in [2.24, 2.45) is 5.73 Å². The number of nitrogens with two attached hydrogens (primary N) is 1. The predicted molar refractivity (Wildman–Crippen MR) is 76.2 cm³/mol. The summed E-state index contributed by atoms with van der Waals surface area (Å²) in [7, 11) is 0. The Morgan fingerprint density at radius 1 is 1.43 bits per heavy atom. The molecule has 0 atom stereocenters. The highest BCUT2D eigenvalue weighted by molar-refractivity contribution is 7.09. The summed E-state index contributed by atoms with van der Waals surface area (Å²) in [5.41, 5.74) is 5.22. The van der Waals surface area contributed by atoms with Crippen molar-refractivity contribution in [1.29, 1.82) is 0 Å². The number of aromatic carboxylic acids is 1. The molecule has 1 amide bonds. The van der Waals surface area contributed by atoms with Gasteiger partial charge in [-0.15, -0.1) is 11.3 Å². The van der Waals surface area contributed by atoms with E-state index in [-0.39, 0.29) is 16.9 Å². The first kappa shape index (κ1) is 15.1. The molecular formula is C13H12FN3O3S. The number of benzene rings is 1. The second kappa shape index (κ2) is 6.42. The maximum Gasteiger partial charge on any atom is 0.335 e. The molecule has 6 nitrogen and oxygen atoms in total. The van der Waals surface area contributed by atoms with Crippen LogP contribution in [0.25, 0.3) is 0 Å². The first-order valence-electron chi connectivity index (χ1n) is 6.00. The number of carbonyl (C=O) groups is 2. The fraction of sp³-hybridized carbons (Fsp3) is 0.154. The van der Waals surface area contributed by atoms with E-state index < -0.39 is 17.7 Å². The lowest BCUT2D eigenvalue weighted by Crippen LogP contribution is -2.14. The molecule has 110 valence electrons. The van der Waals surface area contributed by atoms with Crippen molar-refractivity contribution >= 4 is 28.9 Å². The molecule has 0 aliphatic heterocycles. The first-order valence-corrected chi connectivity index (χ1v) is 6.88. The fourth-order valence-corrected chi connectivity index (χ4v) is 2.39. The monoisotopic (exact) mass is 309 g/mol. The number of carboxylic acid groups (broad SMARTS) is 1. The van der Waals surface area contributed by atoms with Gasteiger partial charge >= 0.3 is 5.97 Å². The predicted octanol–water partition coefficient (Wildman–Crippen LogP) is 1.73. The SMILES string of the molecule is NCCc1nc(C(=O)Nc2cc(C(=O)O)ccc2F)cs1. The molecule has 1 heterocycles. The van der Waals surface area contributed by atoms with E-state index >= 15 is 0 Å². The maximum atomic E-state index is 13.6. The summed E-state index contributed by atoms with van der Waals surface area (Å²) in [6.45, 7) is 0.420. The highest BCUT2D eigenvalue weighted by atomic mass is 32.1. The number of anilines is 1. The van der Waals surface area contributed by atoms with Crippen molar-refractivity contribution in [2.75, 3.05) is 11.9 Å². The molecule has 0 aliphatic rings. The highest BCUT2D eigenvalue weighted by Crippen LogP contribution is 2.18. The van der Waals surface area contributed by atoms with Crippen LogP contribution in [0.1, 0.15) is 25.9 Å². The number of amides is 1. The van der Waals surface area contributed by atoms with Gasteiger partial charge in [-0.05, 0) is 24.7 Å². The van der Waals surface area contributed by atoms with Crippen LogP contribution in [0.4, 0.5) is 10.1 Å². The van der Waals surface area contributed by atoms with Gasteiger partial charge in [-0.3, -0.25) is 4.79 Å². The quantitative estimate of drug-likeness (QED) is 0.780. The van der Waals surface area contributed by atoms with Crippen LogP contribution in [-0.2, 0) is 6.42 Å². The van der Waals surface area contributed by atoms with Crippen LogP contribution >= 0.6 is 11.3 Å². The molecule has 1 aromatic heterocycles. The molecule has 4 N–H and O–H groups in total. The number of nitrogens with zero attached hydrogens (tertiary/aromatic N) is 1. The van der Waals surface area contributed by atoms with E-state index in [4.69, 9.17) is 10.8 Å². The number of nitrogens with one attached hydrogen (secondary N) is 1. The Balaban J connectivity index is 2.18. The Bertz CT molecular complexity index is 687. The summed E-state index contributed by atoms with van der Waals surface area (Å²) in [5.74, 6) is -2.52. The van der Waals surface area contributed by atoms with E-state index in [2.05, 4.69) is 10.3 Å². The van der Waals surface area contributed by atoms with Crippen molar-refractivity contribution in [3.63, 3.8) is 0 Å². The van der Waals surface area contributed by atoms with Gasteiger partial charge in [0, 0.05) is 11.8 Å². The zero-order valence-electron chi connectivity index (χ0n) is 10.8. The Kier molecular flexibility index (Phi) is 4.61. The molecule has 0 spiro atoms. The number of hydrogen-bond donors (Lipinski definition) is 3. The number of hydrogen-bond acceptors (Lipinski definition) is 5. The third-order valence-corrected chi connectivity index (χ3v) is 3.51. The van der Waals surface area contributed by atoms with Gasteiger partial charge in [0.2, 0.25) is 0 Å². The van der Waals surface area contributed by atoms with Gasteiger partial charge in [-0.2, -0.15) is 0 Å². The number of halogens is 1. The van der Waals surface area contributed by atoms with E-state index in [1.807, 2.05) is 0 Å². The topological polar surface area (TPSA) is 105 Å². The average Bonchev–Trinajstić information content (AvgIpc) is 2.90. The van der Waals surface area contributed by atoms with Crippen LogP contribution in [0.5, 0.6) is 0 Å². The molecule has 0 radical (unpaired) electrons. The molecule has 1 aromatic carbocycles. The molecule has 0 fully saturated rings. The lowest BCUT2D eigenvalue weighted by molar-refractivity contribution is 0.0696. The molecule has 0 bridgehead atoms. The van der Waals surface area contributed by atoms with E-state index in [1.165, 1.54) is 11.3 Å². The van der Waals surface area contributed by atoms with Crippen molar-refractivity contribution in [1.82, 2.24) is 4.98 Å². The highest BCUT2D eigenvalue weighted by Gasteiger charge is 2.14. The number of carboxylic acids is 1. The smallest absolute Gasteiger partial charge is 0.335 e. The summed E-state index contributed by atoms with van der Waals surface area (Å²) >= 11 is 1.29. The molecule has 8 heteroatoms. The minimum Gasteiger partial charge on any atom is -0.478 e. The lowest BCUT2D eigenvalue weighted by atomic mass is 10.2. The standard InChI is InChI=1S/C13H12FN3O3S/c14-8-2-1-7(13(19)20)5-9(8)17-12(18)10-6-21-11(16-10)3-4-15/h1-2,5-6H,3-4,15H2,(H,17,18)(H,19,20). The van der Waals surface area contributed by atoms with E-state index in [1.54, 1.807) is 5.38 Å². The van der Waals surface area contributed by atoms with Gasteiger partial charge in [0.05, 0.1) is 16.3 Å². The largest absolute Gasteiger partial charge is 0.478 e. The van der Waals surface area contributed by atoms with Crippen molar-refractivity contribution < 1.29 is 19.1 Å². The Morgan fingerprint density at radius 2 is 2.19 bits per heavy atom. The van der Waals surface area contributed by atoms with Gasteiger partial charge < -0.3 is 16.2 Å². The van der Waals surface area contributed by atoms with Crippen LogP contribution in [0.15, 0.2) is 23.6 Å². The molecule has 0 aliphatic carbocycles. The summed E-state index contributed by atoms with van der Waals surface area (Å²) < 4.78 is 13.6. The van der Waals surface area contributed by atoms with Crippen LogP contribution < -0.4 is 11.1 Å². The zero-order chi connectivity index (χ0) is 15.4. The van der Waals surface area contributed by atoms with Gasteiger partial charge in [-0.25, -0.2) is 14.2 Å². The zero-order valence-corrected chi connectivity index (χ0v) is 11.6. The van der Waals surface area contributed by atoms with Crippen molar-refractivity contribution in [2.45, 2.75) is 6.42 Å². The summed E-state index contributed by atoms with van der Waals surface area (Å²) in [6, 6.07) is 3.16. The Morgan fingerprint density at radius 3 is 2.86 bits per heavy atom. The normalized spacial score (nSPS) is 10.4. The third kappa shape index (κ3) is 3.61. The van der Waals surface area contributed by atoms with Gasteiger partial charge in [0.15, 0.2) is 0 Å². The van der Waals surface area contributed by atoms with Crippen LogP contribution in [0, 0.1) is 5.82 Å². The molecule has 2 aromatic rings. The van der Waals surface area contributed by atoms with Crippen molar-refractivity contribution in [3.05, 3.63) is 45.7 Å². The van der Waals surface area contributed by atoms with Crippen LogP contribution in [0.3, 0.4) is 0 Å². The first-order chi connectivity index (χ1) is 10.0. The molecular weight excluding hydrogens is 297 g/mol. The minimum atomic E-state index is -1.20. The van der Waals surface area contributed by atoms with Crippen molar-refractivity contribution in [3.8, 4) is 0 Å². The van der Waals surface area contributed by atoms with Crippen LogP contribution in [0.2, 0.25) is 0 Å². The Hall–Kier alpha value is -2.32. The number of carbonyl (C=O) groups excluding carboxylic acids is 1. The molecule has 2 rings (SSSR count). The maximum absolute atomic E-state index is 13.6. The minimum absolute atomic E-state index is 0.117. The average molecular weight is 309 g/mol. The van der Waals surface area contributed by atoms with E-state index in [0.717, 1.165) is 18.2 Å². The number of thiazole rings is 1. The van der Waals surface area contributed by atoms with Gasteiger partial charge in [0.1, 0.15) is 11.5 Å². The van der Waals surface area contributed by atoms with Gasteiger partial charge in [-0.1, -0.05) is 0 Å². The van der Waals surface area contributed by atoms with E-state index in [0.29, 0.717) is 18.0 Å². The summed E-state index contributed by atoms with van der Waals surface area (Å²) in [5, 5.41) is 13.4. The molecule has 21 heavy (non-hydrogen) atoms. The summed E-state index contributed by atoms with van der Waals surface area (Å²) in [4.78, 5) is 26.9. The molecule has 0 unspecified atom stereocenters. The molecule has 0 saturated carbocycles. The second-order valence-corrected chi connectivity index (χ2v) is 5.06.